The number of likely N-dealkylation sites (N-methyl/N-ethyl adjacent to an activating group) is 1. The van der Waals surface area contributed by atoms with Crippen LogP contribution in [0.25, 0.3) is 10.1 Å². The normalized spacial score (nSPS) is 22.5. The van der Waals surface area contributed by atoms with Crippen molar-refractivity contribution in [3.63, 3.8) is 0 Å². The number of hydrogen-bond donors (Lipinski definition) is 0. The third-order valence-corrected chi connectivity index (χ3v) is 10.4. The number of aryl methyl sites for hydroxylation is 1. The highest BCUT2D eigenvalue weighted by Crippen LogP contribution is 2.65. The monoisotopic (exact) mass is 522 g/mol. The van der Waals surface area contributed by atoms with Crippen LogP contribution in [0, 0.1) is 6.92 Å². The van der Waals surface area contributed by atoms with Crippen molar-refractivity contribution in [2.75, 3.05) is 24.8 Å². The second-order valence-electron chi connectivity index (χ2n) is 9.49. The molecule has 5 rings (SSSR count). The quantitative estimate of drug-likeness (QED) is 0.314. The van der Waals surface area contributed by atoms with Crippen molar-refractivity contribution in [2.24, 2.45) is 0 Å². The number of nitrogens with zero attached hydrogens (tertiary/aromatic N) is 2. The Morgan fingerprint density at radius 3 is 2.06 bits per heavy atom. The number of hydrogen-bond acceptors (Lipinski definition) is 2. The fourth-order valence-corrected chi connectivity index (χ4v) is 8.91. The molecule has 2 aliphatic heterocycles. The molecule has 0 amide bonds. The van der Waals surface area contributed by atoms with Crippen LogP contribution in [0.2, 0.25) is 0 Å². The summed E-state index contributed by atoms with van der Waals surface area (Å²) < 4.78 is 17.3. The highest BCUT2D eigenvalue weighted by Gasteiger charge is 2.47. The molecule has 2 aliphatic rings. The molecule has 0 aromatic heterocycles. The van der Waals surface area contributed by atoms with Crippen LogP contribution in [-0.2, 0) is 4.57 Å². The number of halogens is 2. The van der Waals surface area contributed by atoms with Crippen LogP contribution < -0.4 is 4.67 Å². The number of rotatable bonds is 5. The second-order valence-corrected chi connectivity index (χ2v) is 12.6. The molecule has 0 spiro atoms. The maximum atomic E-state index is 15.2. The van der Waals surface area contributed by atoms with E-state index < -0.39 is 7.29 Å². The summed E-state index contributed by atoms with van der Waals surface area (Å²) in [6.45, 7) is 4.00. The van der Waals surface area contributed by atoms with E-state index in [-0.39, 0.29) is 12.0 Å². The molecular formula is C29H29Cl2N2OP. The first-order valence-corrected chi connectivity index (χ1v) is 14.5. The van der Waals surface area contributed by atoms with Crippen LogP contribution in [0.15, 0.2) is 90.5 Å². The van der Waals surface area contributed by atoms with E-state index in [0.29, 0.717) is 10.1 Å². The maximum Gasteiger partial charge on any atom is 0.218 e. The van der Waals surface area contributed by atoms with Crippen molar-refractivity contribution < 1.29 is 4.57 Å². The lowest BCUT2D eigenvalue weighted by Gasteiger charge is -2.39. The largest absolute Gasteiger partial charge is 0.312 e. The van der Waals surface area contributed by atoms with Crippen LogP contribution in [0.1, 0.15) is 34.6 Å². The van der Waals surface area contributed by atoms with Crippen molar-refractivity contribution in [3.8, 4) is 0 Å². The van der Waals surface area contributed by atoms with E-state index in [0.717, 1.165) is 36.3 Å². The molecule has 2 heterocycles. The van der Waals surface area contributed by atoms with Crippen molar-refractivity contribution in [1.82, 2.24) is 4.90 Å². The van der Waals surface area contributed by atoms with Gasteiger partial charge in [-0.2, -0.15) is 0 Å². The van der Waals surface area contributed by atoms with E-state index in [1.807, 2.05) is 60.7 Å². The van der Waals surface area contributed by atoms with Crippen molar-refractivity contribution in [2.45, 2.75) is 25.3 Å². The first-order valence-electron chi connectivity index (χ1n) is 11.9. The molecule has 3 nitrogen and oxygen atoms in total. The first-order chi connectivity index (χ1) is 16.9. The zero-order valence-corrected chi connectivity index (χ0v) is 22.3. The second kappa shape index (κ2) is 9.99. The Bertz CT molecular complexity index is 1260. The Labute approximate surface area is 218 Å². The van der Waals surface area contributed by atoms with Gasteiger partial charge in [0, 0.05) is 35.8 Å². The fraction of sp³-hybridized carbons (Fsp3) is 0.241. The molecule has 6 heteroatoms. The van der Waals surface area contributed by atoms with Crippen molar-refractivity contribution in [3.05, 3.63) is 113 Å². The van der Waals surface area contributed by atoms with E-state index in [1.54, 1.807) is 11.6 Å². The lowest BCUT2D eigenvalue weighted by atomic mass is 9.89. The first kappa shape index (κ1) is 24.4. The molecule has 0 saturated carbocycles. The Morgan fingerprint density at radius 2 is 1.49 bits per heavy atom. The number of anilines is 1. The smallest absolute Gasteiger partial charge is 0.218 e. The minimum atomic E-state index is -3.34. The standard InChI is InChI=1S/C29H29Cl2N2OP/c1-21-13-14-28-24(17-21)25-18-32(2)16-15-29(25)33(28)35(34,19-26(30)22-9-5-3-6-10-22)20-27(31)23-11-7-4-8-12-23/h3-14,17,19-20,25,29H,15-16,18H2,1-2H3. The summed E-state index contributed by atoms with van der Waals surface area (Å²) >= 11 is 13.7. The molecule has 180 valence electrons. The number of likely N-dealkylation sites (tertiary alicyclic amines) is 1. The fourth-order valence-electron chi connectivity index (χ4n) is 5.29. The highest BCUT2D eigenvalue weighted by molar-refractivity contribution is 7.72. The maximum absolute atomic E-state index is 15.2. The molecule has 1 saturated heterocycles. The van der Waals surface area contributed by atoms with Gasteiger partial charge in [-0.3, -0.25) is 4.57 Å². The summed E-state index contributed by atoms with van der Waals surface area (Å²) in [7, 11) is -1.18. The molecule has 2 unspecified atom stereocenters. The van der Waals surface area contributed by atoms with Gasteiger partial charge >= 0.3 is 0 Å². The number of benzene rings is 3. The highest BCUT2D eigenvalue weighted by atomic mass is 35.5. The van der Waals surface area contributed by atoms with Crippen LogP contribution in [0.3, 0.4) is 0 Å². The van der Waals surface area contributed by atoms with Gasteiger partial charge in [0.15, 0.2) is 0 Å². The summed E-state index contributed by atoms with van der Waals surface area (Å²) in [4.78, 5) is 2.36. The lowest BCUT2D eigenvalue weighted by Crippen LogP contribution is -2.43. The zero-order valence-electron chi connectivity index (χ0n) is 19.9. The van der Waals surface area contributed by atoms with Gasteiger partial charge in [0.1, 0.15) is 0 Å². The minimum absolute atomic E-state index is 0.113. The predicted octanol–water partition coefficient (Wildman–Crippen LogP) is 8.36. The van der Waals surface area contributed by atoms with Crippen LogP contribution in [0.4, 0.5) is 5.69 Å². The minimum Gasteiger partial charge on any atom is -0.312 e. The Balaban J connectivity index is 1.69. The van der Waals surface area contributed by atoms with E-state index in [2.05, 4.69) is 41.7 Å². The van der Waals surface area contributed by atoms with Gasteiger partial charge < -0.3 is 9.57 Å². The molecule has 0 N–H and O–H groups in total. The summed E-state index contributed by atoms with van der Waals surface area (Å²) in [6, 6.07) is 26.0. The molecule has 2 atom stereocenters. The molecule has 3 aromatic carbocycles. The number of fused-ring (bicyclic) bond motifs is 3. The molecule has 0 bridgehead atoms. The van der Waals surface area contributed by atoms with E-state index >= 15 is 4.57 Å². The average molecular weight is 523 g/mol. The van der Waals surface area contributed by atoms with Gasteiger partial charge in [0.05, 0.1) is 10.1 Å². The molecule has 0 aliphatic carbocycles. The lowest BCUT2D eigenvalue weighted by molar-refractivity contribution is 0.237. The van der Waals surface area contributed by atoms with Crippen LogP contribution >= 0.6 is 30.5 Å². The van der Waals surface area contributed by atoms with Crippen LogP contribution in [0.5, 0.6) is 0 Å². The Morgan fingerprint density at radius 1 is 0.914 bits per heavy atom. The third kappa shape index (κ3) is 4.88. The average Bonchev–Trinajstić information content (AvgIpc) is 3.18. The predicted molar refractivity (Wildman–Crippen MR) is 150 cm³/mol. The SMILES string of the molecule is Cc1ccc2c(c1)C1CN(C)CCC1N2P(=O)(C=C(Cl)c1ccccc1)C=C(Cl)c1ccccc1. The Kier molecular flexibility index (Phi) is 6.97. The summed E-state index contributed by atoms with van der Waals surface area (Å²) in [5.41, 5.74) is 5.16. The van der Waals surface area contributed by atoms with Gasteiger partial charge in [0.25, 0.3) is 0 Å². The van der Waals surface area contributed by atoms with E-state index in [4.69, 9.17) is 23.2 Å². The Hall–Kier alpha value is -2.29. The van der Waals surface area contributed by atoms with Crippen molar-refractivity contribution >= 4 is 46.2 Å². The van der Waals surface area contributed by atoms with E-state index in [1.165, 1.54) is 11.1 Å². The van der Waals surface area contributed by atoms with Gasteiger partial charge in [-0.05, 0) is 49.7 Å². The summed E-state index contributed by atoms with van der Waals surface area (Å²) in [6.07, 6.45) is 0.923. The molecule has 35 heavy (non-hydrogen) atoms. The molecule has 0 radical (unpaired) electrons. The summed E-state index contributed by atoms with van der Waals surface area (Å²) in [5, 5.41) is 0.931. The molecule has 3 aromatic rings. The van der Waals surface area contributed by atoms with Gasteiger partial charge in [-0.25, -0.2) is 0 Å². The van der Waals surface area contributed by atoms with Gasteiger partial charge in [-0.15, -0.1) is 0 Å². The van der Waals surface area contributed by atoms with Crippen LogP contribution in [-0.4, -0.2) is 31.1 Å². The van der Waals surface area contributed by atoms with E-state index in [9.17, 15) is 0 Å². The zero-order chi connectivity index (χ0) is 24.6. The number of piperidine rings is 1. The molecular weight excluding hydrogens is 494 g/mol. The van der Waals surface area contributed by atoms with Crippen molar-refractivity contribution in [1.29, 1.82) is 0 Å². The topological polar surface area (TPSA) is 23.6 Å². The molecule has 1 fully saturated rings. The van der Waals surface area contributed by atoms with Gasteiger partial charge in [-0.1, -0.05) is 102 Å². The summed E-state index contributed by atoms with van der Waals surface area (Å²) in [5.74, 6) is 3.75. The third-order valence-electron chi connectivity index (χ3n) is 6.96. The van der Waals surface area contributed by atoms with Gasteiger partial charge in [0.2, 0.25) is 7.29 Å².